The van der Waals surface area contributed by atoms with E-state index in [0.717, 1.165) is 25.1 Å². The molecule has 176 valence electrons. The molecule has 0 spiro atoms. The maximum absolute atomic E-state index is 15.1. The van der Waals surface area contributed by atoms with Gasteiger partial charge in [-0.3, -0.25) is 9.78 Å². The van der Waals surface area contributed by atoms with Crippen LogP contribution in [0.3, 0.4) is 0 Å². The van der Waals surface area contributed by atoms with Gasteiger partial charge in [-0.2, -0.15) is 0 Å². The molecular formula is C27H27F2N3O2. The molecule has 7 heteroatoms. The number of ether oxygens (including phenoxy) is 1. The minimum Gasteiger partial charge on any atom is -0.476 e. The van der Waals surface area contributed by atoms with Crippen LogP contribution in [0.2, 0.25) is 0 Å². The summed E-state index contributed by atoms with van der Waals surface area (Å²) in [6.07, 6.45) is 1.91. The number of aromatic nitrogens is 1. The topological polar surface area (TPSA) is 54.5 Å². The second kappa shape index (κ2) is 8.80. The highest BCUT2D eigenvalue weighted by atomic mass is 19.1. The van der Waals surface area contributed by atoms with Crippen LogP contribution in [0.4, 0.5) is 14.5 Å². The highest BCUT2D eigenvalue weighted by Gasteiger charge is 2.35. The fraction of sp³-hybridized carbons (Fsp3) is 0.333. The molecule has 0 saturated heterocycles. The zero-order valence-corrected chi connectivity index (χ0v) is 19.5. The first kappa shape index (κ1) is 22.5. The highest BCUT2D eigenvalue weighted by molar-refractivity contribution is 6.01. The second-order valence-corrected chi connectivity index (χ2v) is 9.23. The van der Waals surface area contributed by atoms with Crippen molar-refractivity contribution >= 4 is 11.6 Å². The van der Waals surface area contributed by atoms with E-state index in [1.807, 2.05) is 13.8 Å². The minimum atomic E-state index is -0.785. The number of nitrogens with zero attached hydrogens (tertiary/aromatic N) is 2. The third-order valence-corrected chi connectivity index (χ3v) is 6.45. The van der Waals surface area contributed by atoms with Crippen molar-refractivity contribution in [2.75, 3.05) is 11.4 Å². The van der Waals surface area contributed by atoms with Gasteiger partial charge in [0.25, 0.3) is 5.91 Å². The number of pyridine rings is 1. The number of benzene rings is 2. The van der Waals surface area contributed by atoms with Crippen molar-refractivity contribution in [3.05, 3.63) is 76.6 Å². The zero-order valence-electron chi connectivity index (χ0n) is 19.5. The van der Waals surface area contributed by atoms with Crippen LogP contribution >= 0.6 is 0 Å². The Labute approximate surface area is 197 Å². The summed E-state index contributed by atoms with van der Waals surface area (Å²) in [5.74, 6) is -1.41. The number of fused-ring (bicyclic) bond motifs is 2. The molecule has 2 aliphatic rings. The molecule has 0 bridgehead atoms. The number of carbonyl (C=O) groups is 1. The van der Waals surface area contributed by atoms with E-state index in [4.69, 9.17) is 4.74 Å². The Morgan fingerprint density at radius 2 is 1.97 bits per heavy atom. The lowest BCUT2D eigenvalue weighted by Gasteiger charge is -2.36. The highest BCUT2D eigenvalue weighted by Crippen LogP contribution is 2.41. The summed E-state index contributed by atoms with van der Waals surface area (Å²) in [6, 6.07) is 10.7. The van der Waals surface area contributed by atoms with E-state index in [1.54, 1.807) is 19.1 Å². The van der Waals surface area contributed by atoms with Crippen LogP contribution in [0.1, 0.15) is 43.2 Å². The first-order valence-electron chi connectivity index (χ1n) is 11.6. The Morgan fingerprint density at radius 3 is 2.76 bits per heavy atom. The van der Waals surface area contributed by atoms with Crippen LogP contribution in [0.25, 0.3) is 11.1 Å². The van der Waals surface area contributed by atoms with Crippen LogP contribution in [-0.2, 0) is 24.2 Å². The van der Waals surface area contributed by atoms with Gasteiger partial charge in [-0.25, -0.2) is 8.78 Å². The van der Waals surface area contributed by atoms with Gasteiger partial charge in [-0.05, 0) is 74.2 Å². The van der Waals surface area contributed by atoms with E-state index in [0.29, 0.717) is 23.4 Å². The predicted octanol–water partition coefficient (Wildman–Crippen LogP) is 4.79. The molecule has 0 saturated carbocycles. The van der Waals surface area contributed by atoms with Crippen LogP contribution in [0.15, 0.2) is 42.6 Å². The number of amides is 1. The SMILES string of the molecule is CC1Oc2c(F)cc(-c3cc(Cc4ccc5c(c4)CCNC5)ncc3F)cc2N(C(C)C)C1=O. The molecule has 0 aliphatic carbocycles. The lowest BCUT2D eigenvalue weighted by molar-refractivity contribution is -0.126. The number of carbonyl (C=O) groups excluding carboxylic acids is 1. The molecule has 0 fully saturated rings. The van der Waals surface area contributed by atoms with Gasteiger partial charge in [0.2, 0.25) is 0 Å². The maximum Gasteiger partial charge on any atom is 0.268 e. The van der Waals surface area contributed by atoms with Crippen molar-refractivity contribution in [2.24, 2.45) is 0 Å². The van der Waals surface area contributed by atoms with Crippen LogP contribution in [0, 0.1) is 11.6 Å². The van der Waals surface area contributed by atoms with Gasteiger partial charge < -0.3 is 15.0 Å². The summed E-state index contributed by atoms with van der Waals surface area (Å²) in [5.41, 5.74) is 5.30. The van der Waals surface area contributed by atoms with E-state index in [9.17, 15) is 9.18 Å². The number of anilines is 1. The summed E-state index contributed by atoms with van der Waals surface area (Å²) in [5, 5.41) is 3.37. The van der Waals surface area contributed by atoms with E-state index in [1.165, 1.54) is 28.3 Å². The molecule has 1 atom stereocenters. The second-order valence-electron chi connectivity index (χ2n) is 9.23. The van der Waals surface area contributed by atoms with Crippen molar-refractivity contribution < 1.29 is 18.3 Å². The Bertz CT molecular complexity index is 1270. The van der Waals surface area contributed by atoms with Gasteiger partial charge in [-0.1, -0.05) is 18.2 Å². The summed E-state index contributed by atoms with van der Waals surface area (Å²) >= 11 is 0. The average Bonchev–Trinajstić information content (AvgIpc) is 2.81. The van der Waals surface area contributed by atoms with E-state index >= 15 is 4.39 Å². The van der Waals surface area contributed by atoms with E-state index in [-0.39, 0.29) is 23.3 Å². The third-order valence-electron chi connectivity index (χ3n) is 6.45. The number of halogens is 2. The van der Waals surface area contributed by atoms with Crippen LogP contribution in [0.5, 0.6) is 5.75 Å². The van der Waals surface area contributed by atoms with E-state index < -0.39 is 17.7 Å². The molecular weight excluding hydrogens is 436 g/mol. The summed E-state index contributed by atoms with van der Waals surface area (Å²) in [6.45, 7) is 7.13. The van der Waals surface area contributed by atoms with Crippen molar-refractivity contribution in [1.29, 1.82) is 0 Å². The van der Waals surface area contributed by atoms with Crippen molar-refractivity contribution in [2.45, 2.75) is 52.3 Å². The third kappa shape index (κ3) is 4.05. The smallest absolute Gasteiger partial charge is 0.268 e. The Balaban J connectivity index is 1.52. The fourth-order valence-corrected chi connectivity index (χ4v) is 4.75. The predicted molar refractivity (Wildman–Crippen MR) is 127 cm³/mol. The molecule has 1 aromatic heterocycles. The van der Waals surface area contributed by atoms with Crippen LogP contribution < -0.4 is 15.0 Å². The number of hydrogen-bond acceptors (Lipinski definition) is 4. The first-order valence-corrected chi connectivity index (χ1v) is 11.6. The Hall–Kier alpha value is -3.32. The summed E-state index contributed by atoms with van der Waals surface area (Å²) in [4.78, 5) is 18.5. The molecule has 34 heavy (non-hydrogen) atoms. The molecule has 1 unspecified atom stereocenters. The Morgan fingerprint density at radius 1 is 1.15 bits per heavy atom. The Kier molecular flexibility index (Phi) is 5.81. The standard InChI is InChI=1S/C27H27F2N3O2/c1-15(2)32-25-11-20(10-23(28)26(25)34-16(3)27(32)33)22-12-21(31-14-24(22)29)9-17-4-5-19-13-30-7-6-18(19)8-17/h4-5,8,10-12,14-16,30H,6-7,9,13H2,1-3H3. The number of nitrogens with one attached hydrogen (secondary N) is 1. The van der Waals surface area contributed by atoms with Crippen molar-refractivity contribution in [3.63, 3.8) is 0 Å². The quantitative estimate of drug-likeness (QED) is 0.605. The normalized spacial score (nSPS) is 17.4. The molecule has 5 rings (SSSR count). The molecule has 5 nitrogen and oxygen atoms in total. The monoisotopic (exact) mass is 463 g/mol. The minimum absolute atomic E-state index is 0.0165. The summed E-state index contributed by atoms with van der Waals surface area (Å²) in [7, 11) is 0. The molecule has 0 radical (unpaired) electrons. The van der Waals surface area contributed by atoms with Gasteiger partial charge >= 0.3 is 0 Å². The molecule has 2 aliphatic heterocycles. The molecule has 1 N–H and O–H groups in total. The van der Waals surface area contributed by atoms with Gasteiger partial charge in [0.15, 0.2) is 17.7 Å². The zero-order chi connectivity index (χ0) is 24.0. The van der Waals surface area contributed by atoms with Gasteiger partial charge in [0.05, 0.1) is 11.9 Å². The lowest BCUT2D eigenvalue weighted by atomic mass is 9.96. The maximum atomic E-state index is 15.1. The van der Waals surface area contributed by atoms with Gasteiger partial charge in [0.1, 0.15) is 5.82 Å². The molecule has 3 aromatic rings. The molecule has 3 heterocycles. The van der Waals surface area contributed by atoms with Gasteiger partial charge in [-0.15, -0.1) is 0 Å². The van der Waals surface area contributed by atoms with Crippen molar-refractivity contribution in [1.82, 2.24) is 10.3 Å². The van der Waals surface area contributed by atoms with Gasteiger partial charge in [0, 0.05) is 30.3 Å². The summed E-state index contributed by atoms with van der Waals surface area (Å²) < 4.78 is 35.5. The molecule has 2 aromatic carbocycles. The average molecular weight is 464 g/mol. The van der Waals surface area contributed by atoms with Crippen molar-refractivity contribution in [3.8, 4) is 16.9 Å². The molecule has 1 amide bonds. The van der Waals surface area contributed by atoms with Crippen LogP contribution in [-0.4, -0.2) is 29.6 Å². The number of hydrogen-bond donors (Lipinski definition) is 1. The lowest BCUT2D eigenvalue weighted by Crippen LogP contribution is -2.48. The largest absolute Gasteiger partial charge is 0.476 e. The number of rotatable bonds is 4. The van der Waals surface area contributed by atoms with E-state index in [2.05, 4.69) is 28.5 Å². The fourth-order valence-electron chi connectivity index (χ4n) is 4.75. The first-order chi connectivity index (χ1) is 16.3.